The maximum Gasteiger partial charge on any atom is 0.120 e. The van der Waals surface area contributed by atoms with Gasteiger partial charge in [-0.25, -0.2) is 0 Å². The van der Waals surface area contributed by atoms with E-state index in [0.29, 0.717) is 0 Å². The topological polar surface area (TPSA) is 39.2 Å². The SMILES string of the molecule is Cc1cc(C)c(CC(N)c2ccco2)c(C)c1. The minimum absolute atomic E-state index is 0.0647. The van der Waals surface area contributed by atoms with Crippen LogP contribution >= 0.6 is 0 Å². The monoisotopic (exact) mass is 229 g/mol. The third-order valence-electron chi connectivity index (χ3n) is 3.17. The van der Waals surface area contributed by atoms with Crippen molar-refractivity contribution in [2.24, 2.45) is 5.73 Å². The van der Waals surface area contributed by atoms with E-state index < -0.39 is 0 Å². The molecule has 1 aromatic carbocycles. The first-order valence-corrected chi connectivity index (χ1v) is 5.93. The van der Waals surface area contributed by atoms with Gasteiger partial charge in [-0.15, -0.1) is 0 Å². The van der Waals surface area contributed by atoms with Crippen molar-refractivity contribution in [1.29, 1.82) is 0 Å². The summed E-state index contributed by atoms with van der Waals surface area (Å²) >= 11 is 0. The number of benzene rings is 1. The fourth-order valence-corrected chi connectivity index (χ4v) is 2.35. The third-order valence-corrected chi connectivity index (χ3v) is 3.17. The first-order chi connectivity index (χ1) is 8.08. The van der Waals surface area contributed by atoms with Gasteiger partial charge in [0.15, 0.2) is 0 Å². The van der Waals surface area contributed by atoms with Gasteiger partial charge >= 0.3 is 0 Å². The van der Waals surface area contributed by atoms with Crippen LogP contribution in [0.15, 0.2) is 34.9 Å². The summed E-state index contributed by atoms with van der Waals surface area (Å²) in [5, 5.41) is 0. The average molecular weight is 229 g/mol. The molecule has 1 unspecified atom stereocenters. The summed E-state index contributed by atoms with van der Waals surface area (Å²) in [4.78, 5) is 0. The molecular formula is C15H19NO. The van der Waals surface area contributed by atoms with Gasteiger partial charge in [0.05, 0.1) is 12.3 Å². The van der Waals surface area contributed by atoms with E-state index in [0.717, 1.165) is 12.2 Å². The van der Waals surface area contributed by atoms with Crippen LogP contribution in [0, 0.1) is 20.8 Å². The van der Waals surface area contributed by atoms with Crippen molar-refractivity contribution in [3.8, 4) is 0 Å². The van der Waals surface area contributed by atoms with Crippen molar-refractivity contribution in [2.45, 2.75) is 33.2 Å². The highest BCUT2D eigenvalue weighted by molar-refractivity contribution is 5.38. The van der Waals surface area contributed by atoms with Gasteiger partial charge in [-0.05, 0) is 56.0 Å². The van der Waals surface area contributed by atoms with E-state index >= 15 is 0 Å². The molecule has 1 heterocycles. The second kappa shape index (κ2) is 4.76. The maximum atomic E-state index is 6.15. The standard InChI is InChI=1S/C15H19NO/c1-10-7-11(2)13(12(3)8-10)9-14(16)15-5-4-6-17-15/h4-8,14H,9,16H2,1-3H3. The molecule has 90 valence electrons. The molecule has 0 radical (unpaired) electrons. The minimum Gasteiger partial charge on any atom is -0.468 e. The van der Waals surface area contributed by atoms with Crippen LogP contribution in [0.2, 0.25) is 0 Å². The summed E-state index contributed by atoms with van der Waals surface area (Å²) in [6.45, 7) is 6.41. The van der Waals surface area contributed by atoms with E-state index in [1.807, 2.05) is 12.1 Å². The Morgan fingerprint density at radius 2 is 1.82 bits per heavy atom. The van der Waals surface area contributed by atoms with Gasteiger partial charge < -0.3 is 10.2 Å². The lowest BCUT2D eigenvalue weighted by Gasteiger charge is -2.15. The molecule has 0 aliphatic heterocycles. The Labute approximate surface area is 102 Å². The summed E-state index contributed by atoms with van der Waals surface area (Å²) in [7, 11) is 0. The summed E-state index contributed by atoms with van der Waals surface area (Å²) in [5.41, 5.74) is 11.4. The number of hydrogen-bond donors (Lipinski definition) is 1. The normalized spacial score (nSPS) is 12.7. The van der Waals surface area contributed by atoms with Crippen molar-refractivity contribution in [3.63, 3.8) is 0 Å². The van der Waals surface area contributed by atoms with Crippen molar-refractivity contribution < 1.29 is 4.42 Å². The van der Waals surface area contributed by atoms with Gasteiger partial charge in [-0.1, -0.05) is 17.7 Å². The molecule has 0 saturated heterocycles. The molecule has 0 fully saturated rings. The fourth-order valence-electron chi connectivity index (χ4n) is 2.35. The van der Waals surface area contributed by atoms with E-state index in [9.17, 15) is 0 Å². The average Bonchev–Trinajstić information content (AvgIpc) is 2.76. The zero-order valence-electron chi connectivity index (χ0n) is 10.7. The van der Waals surface area contributed by atoms with Crippen molar-refractivity contribution in [2.75, 3.05) is 0 Å². The van der Waals surface area contributed by atoms with Crippen LogP contribution in [0.3, 0.4) is 0 Å². The molecule has 0 aliphatic carbocycles. The summed E-state index contributed by atoms with van der Waals surface area (Å²) in [6, 6.07) is 8.16. The molecule has 0 bridgehead atoms. The van der Waals surface area contributed by atoms with Crippen LogP contribution in [0.25, 0.3) is 0 Å². The highest BCUT2D eigenvalue weighted by Gasteiger charge is 2.13. The summed E-state index contributed by atoms with van der Waals surface area (Å²) in [6.07, 6.45) is 2.50. The van der Waals surface area contributed by atoms with E-state index in [-0.39, 0.29) is 6.04 Å². The van der Waals surface area contributed by atoms with E-state index in [1.165, 1.54) is 22.3 Å². The molecule has 1 aromatic heterocycles. The van der Waals surface area contributed by atoms with Gasteiger partial charge in [0.25, 0.3) is 0 Å². The summed E-state index contributed by atoms with van der Waals surface area (Å²) < 4.78 is 5.35. The van der Waals surface area contributed by atoms with Crippen LogP contribution in [0.4, 0.5) is 0 Å². The van der Waals surface area contributed by atoms with E-state index in [1.54, 1.807) is 6.26 Å². The molecule has 17 heavy (non-hydrogen) atoms. The van der Waals surface area contributed by atoms with Crippen LogP contribution in [0.1, 0.15) is 34.1 Å². The Kier molecular flexibility index (Phi) is 3.34. The van der Waals surface area contributed by atoms with Gasteiger partial charge in [0, 0.05) is 0 Å². The Morgan fingerprint density at radius 3 is 2.35 bits per heavy atom. The molecule has 0 spiro atoms. The second-order valence-electron chi connectivity index (χ2n) is 4.70. The Hall–Kier alpha value is -1.54. The summed E-state index contributed by atoms with van der Waals surface area (Å²) in [5.74, 6) is 0.851. The zero-order valence-corrected chi connectivity index (χ0v) is 10.7. The highest BCUT2D eigenvalue weighted by Crippen LogP contribution is 2.22. The maximum absolute atomic E-state index is 6.15. The lowest BCUT2D eigenvalue weighted by Crippen LogP contribution is -2.14. The van der Waals surface area contributed by atoms with Crippen molar-refractivity contribution in [3.05, 3.63) is 58.5 Å². The van der Waals surface area contributed by atoms with Gasteiger partial charge in [-0.2, -0.15) is 0 Å². The molecule has 0 aliphatic rings. The van der Waals surface area contributed by atoms with Crippen LogP contribution in [0.5, 0.6) is 0 Å². The first-order valence-electron chi connectivity index (χ1n) is 5.93. The van der Waals surface area contributed by atoms with Crippen LogP contribution < -0.4 is 5.73 Å². The molecule has 0 amide bonds. The largest absolute Gasteiger partial charge is 0.468 e. The zero-order chi connectivity index (χ0) is 12.4. The molecule has 2 heteroatoms. The van der Waals surface area contributed by atoms with Crippen molar-refractivity contribution >= 4 is 0 Å². The predicted octanol–water partition coefficient (Wildman–Crippen LogP) is 3.45. The van der Waals surface area contributed by atoms with Gasteiger partial charge in [0.1, 0.15) is 5.76 Å². The number of aryl methyl sites for hydroxylation is 3. The van der Waals surface area contributed by atoms with Crippen molar-refractivity contribution in [1.82, 2.24) is 0 Å². The fraction of sp³-hybridized carbons (Fsp3) is 0.333. The number of rotatable bonds is 3. The van der Waals surface area contributed by atoms with Crippen LogP contribution in [-0.4, -0.2) is 0 Å². The van der Waals surface area contributed by atoms with E-state index in [4.69, 9.17) is 10.2 Å². The lowest BCUT2D eigenvalue weighted by atomic mass is 9.94. The third kappa shape index (κ3) is 2.59. The Morgan fingerprint density at radius 1 is 1.18 bits per heavy atom. The lowest BCUT2D eigenvalue weighted by molar-refractivity contribution is 0.464. The molecule has 2 rings (SSSR count). The quantitative estimate of drug-likeness (QED) is 0.875. The Balaban J connectivity index is 2.25. The molecular weight excluding hydrogens is 210 g/mol. The molecule has 0 saturated carbocycles. The predicted molar refractivity (Wildman–Crippen MR) is 70.0 cm³/mol. The first kappa shape index (κ1) is 11.9. The number of hydrogen-bond acceptors (Lipinski definition) is 2. The molecule has 1 atom stereocenters. The number of furan rings is 1. The van der Waals surface area contributed by atoms with Gasteiger partial charge in [0.2, 0.25) is 0 Å². The molecule has 2 nitrogen and oxygen atoms in total. The Bertz CT molecular complexity index is 477. The van der Waals surface area contributed by atoms with Gasteiger partial charge in [-0.3, -0.25) is 0 Å². The second-order valence-corrected chi connectivity index (χ2v) is 4.70. The molecule has 2 N–H and O–H groups in total. The minimum atomic E-state index is -0.0647. The smallest absolute Gasteiger partial charge is 0.120 e. The van der Waals surface area contributed by atoms with E-state index in [2.05, 4.69) is 32.9 Å². The van der Waals surface area contributed by atoms with Crippen LogP contribution in [-0.2, 0) is 6.42 Å². The number of nitrogens with two attached hydrogens (primary N) is 1. The molecule has 2 aromatic rings. The highest BCUT2D eigenvalue weighted by atomic mass is 16.3.